The van der Waals surface area contributed by atoms with Crippen molar-refractivity contribution in [1.29, 1.82) is 0 Å². The van der Waals surface area contributed by atoms with Crippen LogP contribution in [-0.2, 0) is 6.42 Å². The summed E-state index contributed by atoms with van der Waals surface area (Å²) in [5.41, 5.74) is 7.00. The van der Waals surface area contributed by atoms with Crippen LogP contribution in [0.5, 0.6) is 0 Å². The molecule has 0 aliphatic heterocycles. The lowest BCUT2D eigenvalue weighted by molar-refractivity contribution is 0.242. The highest BCUT2D eigenvalue weighted by molar-refractivity contribution is 7.09. The Morgan fingerprint density at radius 3 is 2.73 bits per heavy atom. The standard InChI is InChI=1S/C12H20N2S/c1-9-8-15-12(14-9)6-10-4-2-3-5-11(10)7-13/h8,10-11H,2-7,13H2,1H3. The second-order valence-corrected chi connectivity index (χ2v) is 5.57. The minimum absolute atomic E-state index is 0.739. The fourth-order valence-electron chi connectivity index (χ4n) is 2.58. The van der Waals surface area contributed by atoms with Crippen molar-refractivity contribution in [2.24, 2.45) is 17.6 Å². The molecule has 0 radical (unpaired) electrons. The molecule has 2 N–H and O–H groups in total. The number of hydrogen-bond acceptors (Lipinski definition) is 3. The SMILES string of the molecule is Cc1csc(CC2CCCCC2CN)n1. The van der Waals surface area contributed by atoms with Crippen molar-refractivity contribution in [3.05, 3.63) is 16.1 Å². The van der Waals surface area contributed by atoms with E-state index in [4.69, 9.17) is 5.73 Å². The molecule has 15 heavy (non-hydrogen) atoms. The highest BCUT2D eigenvalue weighted by Gasteiger charge is 2.24. The van der Waals surface area contributed by atoms with Gasteiger partial charge in [-0.2, -0.15) is 0 Å². The summed E-state index contributed by atoms with van der Waals surface area (Å²) < 4.78 is 0. The maximum atomic E-state index is 5.84. The molecule has 84 valence electrons. The van der Waals surface area contributed by atoms with Crippen molar-refractivity contribution >= 4 is 11.3 Å². The second-order valence-electron chi connectivity index (χ2n) is 4.63. The zero-order valence-corrected chi connectivity index (χ0v) is 10.2. The Labute approximate surface area is 95.9 Å². The Kier molecular flexibility index (Phi) is 3.76. The minimum Gasteiger partial charge on any atom is -0.330 e. The summed E-state index contributed by atoms with van der Waals surface area (Å²) in [6.07, 6.45) is 6.58. The maximum Gasteiger partial charge on any atom is 0.0930 e. The smallest absolute Gasteiger partial charge is 0.0930 e. The highest BCUT2D eigenvalue weighted by Crippen LogP contribution is 2.32. The van der Waals surface area contributed by atoms with Gasteiger partial charge in [0.1, 0.15) is 0 Å². The Bertz CT molecular complexity index is 308. The van der Waals surface area contributed by atoms with E-state index >= 15 is 0 Å². The molecule has 0 aromatic carbocycles. The molecule has 1 aliphatic carbocycles. The Morgan fingerprint density at radius 2 is 2.13 bits per heavy atom. The zero-order valence-electron chi connectivity index (χ0n) is 9.41. The monoisotopic (exact) mass is 224 g/mol. The molecule has 1 heterocycles. The van der Waals surface area contributed by atoms with Crippen molar-refractivity contribution in [1.82, 2.24) is 4.98 Å². The lowest BCUT2D eigenvalue weighted by Gasteiger charge is -2.29. The molecule has 0 spiro atoms. The predicted molar refractivity (Wildman–Crippen MR) is 65.1 cm³/mol. The van der Waals surface area contributed by atoms with Gasteiger partial charge in [-0.1, -0.05) is 12.8 Å². The van der Waals surface area contributed by atoms with Crippen molar-refractivity contribution in [3.8, 4) is 0 Å². The molecule has 0 amide bonds. The van der Waals surface area contributed by atoms with E-state index in [9.17, 15) is 0 Å². The molecule has 0 saturated heterocycles. The molecular formula is C12H20N2S. The molecule has 1 fully saturated rings. The van der Waals surface area contributed by atoms with Gasteiger partial charge in [0.2, 0.25) is 0 Å². The zero-order chi connectivity index (χ0) is 10.7. The quantitative estimate of drug-likeness (QED) is 0.857. The number of rotatable bonds is 3. The van der Waals surface area contributed by atoms with E-state index in [1.807, 2.05) is 0 Å². The largest absolute Gasteiger partial charge is 0.330 e. The molecule has 1 aliphatic rings. The molecule has 0 bridgehead atoms. The van der Waals surface area contributed by atoms with Crippen LogP contribution in [0.25, 0.3) is 0 Å². The van der Waals surface area contributed by atoms with Crippen LogP contribution in [-0.4, -0.2) is 11.5 Å². The first-order chi connectivity index (χ1) is 7.29. The van der Waals surface area contributed by atoms with E-state index in [1.54, 1.807) is 11.3 Å². The molecule has 1 saturated carbocycles. The summed E-state index contributed by atoms with van der Waals surface area (Å²) in [7, 11) is 0. The van der Waals surface area contributed by atoms with Crippen LogP contribution in [0.4, 0.5) is 0 Å². The Hall–Kier alpha value is -0.410. The first kappa shape index (κ1) is 11.1. The average Bonchev–Trinajstić information content (AvgIpc) is 2.65. The molecule has 1 aromatic heterocycles. The summed E-state index contributed by atoms with van der Waals surface area (Å²) in [6.45, 7) is 2.93. The van der Waals surface area contributed by atoms with Crippen LogP contribution in [0, 0.1) is 18.8 Å². The highest BCUT2D eigenvalue weighted by atomic mass is 32.1. The Balaban J connectivity index is 1.97. The van der Waals surface area contributed by atoms with E-state index < -0.39 is 0 Å². The van der Waals surface area contributed by atoms with Crippen LogP contribution < -0.4 is 5.73 Å². The molecule has 2 atom stereocenters. The first-order valence-electron chi connectivity index (χ1n) is 5.90. The third kappa shape index (κ3) is 2.79. The molecular weight excluding hydrogens is 204 g/mol. The van der Waals surface area contributed by atoms with Gasteiger partial charge in [0.25, 0.3) is 0 Å². The minimum atomic E-state index is 0.739. The third-order valence-electron chi connectivity index (χ3n) is 3.47. The van der Waals surface area contributed by atoms with Gasteiger partial charge >= 0.3 is 0 Å². The van der Waals surface area contributed by atoms with Crippen LogP contribution in [0.1, 0.15) is 36.4 Å². The summed E-state index contributed by atoms with van der Waals surface area (Å²) in [5.74, 6) is 1.53. The number of nitrogens with two attached hydrogens (primary N) is 1. The van der Waals surface area contributed by atoms with Crippen molar-refractivity contribution in [2.45, 2.75) is 39.0 Å². The number of hydrogen-bond donors (Lipinski definition) is 1. The van der Waals surface area contributed by atoms with Gasteiger partial charge in [0, 0.05) is 17.5 Å². The molecule has 1 aromatic rings. The molecule has 3 heteroatoms. The van der Waals surface area contributed by atoms with Crippen molar-refractivity contribution in [3.63, 3.8) is 0 Å². The van der Waals surface area contributed by atoms with Gasteiger partial charge in [-0.3, -0.25) is 0 Å². The third-order valence-corrected chi connectivity index (χ3v) is 4.46. The van der Waals surface area contributed by atoms with Crippen LogP contribution in [0.3, 0.4) is 0 Å². The summed E-state index contributed by atoms with van der Waals surface area (Å²) in [6, 6.07) is 0. The van der Waals surface area contributed by atoms with E-state index in [-0.39, 0.29) is 0 Å². The fraction of sp³-hybridized carbons (Fsp3) is 0.750. The number of aryl methyl sites for hydroxylation is 1. The molecule has 2 unspecified atom stereocenters. The van der Waals surface area contributed by atoms with E-state index in [2.05, 4.69) is 17.3 Å². The summed E-state index contributed by atoms with van der Waals surface area (Å²) in [4.78, 5) is 4.55. The van der Waals surface area contributed by atoms with Crippen molar-refractivity contribution in [2.75, 3.05) is 6.54 Å². The lowest BCUT2D eigenvalue weighted by atomic mass is 9.78. The van der Waals surface area contributed by atoms with E-state index in [0.717, 1.165) is 30.5 Å². The lowest BCUT2D eigenvalue weighted by Crippen LogP contribution is -2.28. The van der Waals surface area contributed by atoms with Crippen LogP contribution in [0.15, 0.2) is 5.38 Å². The fourth-order valence-corrected chi connectivity index (χ4v) is 3.45. The van der Waals surface area contributed by atoms with E-state index in [1.165, 1.54) is 30.7 Å². The van der Waals surface area contributed by atoms with Gasteiger partial charge in [-0.25, -0.2) is 4.98 Å². The molecule has 2 nitrogen and oxygen atoms in total. The number of nitrogens with zero attached hydrogens (tertiary/aromatic N) is 1. The first-order valence-corrected chi connectivity index (χ1v) is 6.78. The van der Waals surface area contributed by atoms with Gasteiger partial charge in [-0.05, 0) is 38.1 Å². The number of aromatic nitrogens is 1. The van der Waals surface area contributed by atoms with Crippen molar-refractivity contribution < 1.29 is 0 Å². The topological polar surface area (TPSA) is 38.9 Å². The summed E-state index contributed by atoms with van der Waals surface area (Å²) in [5, 5.41) is 3.45. The van der Waals surface area contributed by atoms with Gasteiger partial charge in [0.05, 0.1) is 5.01 Å². The number of thiazole rings is 1. The van der Waals surface area contributed by atoms with Gasteiger partial charge < -0.3 is 5.73 Å². The summed E-state index contributed by atoms with van der Waals surface area (Å²) >= 11 is 1.80. The second kappa shape index (κ2) is 5.08. The van der Waals surface area contributed by atoms with Gasteiger partial charge in [0.15, 0.2) is 0 Å². The predicted octanol–water partition coefficient (Wildman–Crippen LogP) is 2.76. The van der Waals surface area contributed by atoms with Crippen LogP contribution >= 0.6 is 11.3 Å². The van der Waals surface area contributed by atoms with Gasteiger partial charge in [-0.15, -0.1) is 11.3 Å². The normalized spacial score (nSPS) is 26.8. The average molecular weight is 224 g/mol. The molecule has 2 rings (SSSR count). The maximum absolute atomic E-state index is 5.84. The Morgan fingerprint density at radius 1 is 1.40 bits per heavy atom. The van der Waals surface area contributed by atoms with Crippen LogP contribution in [0.2, 0.25) is 0 Å². The van der Waals surface area contributed by atoms with E-state index in [0.29, 0.717) is 0 Å².